The van der Waals surface area contributed by atoms with Crippen LogP contribution in [0.1, 0.15) is 0 Å². The molecule has 0 bridgehead atoms. The molecule has 0 aliphatic rings. The molecule has 1 heterocycles. The van der Waals surface area contributed by atoms with Crippen molar-refractivity contribution in [3.05, 3.63) is 18.2 Å². The van der Waals surface area contributed by atoms with Crippen LogP contribution in [-0.2, 0) is 10.0 Å². The van der Waals surface area contributed by atoms with Gasteiger partial charge in [-0.05, 0) is 18.2 Å². The molecule has 2 aromatic rings. The molecule has 1 aromatic heterocycles. The Morgan fingerprint density at radius 2 is 2.29 bits per heavy atom. The van der Waals surface area contributed by atoms with E-state index in [1.165, 1.54) is 11.3 Å². The number of ether oxygens (including phenoxy) is 1. The maximum Gasteiger partial charge on any atom is 0.248 e. The summed E-state index contributed by atoms with van der Waals surface area (Å²) in [5.74, 6) is 0.702. The Balaban J connectivity index is 2.38. The van der Waals surface area contributed by atoms with E-state index in [0.29, 0.717) is 16.4 Å². The number of alkyl halides is 1. The summed E-state index contributed by atoms with van der Waals surface area (Å²) in [5, 5.41) is -0.194. The number of hydrogen-bond donors (Lipinski definition) is 1. The molecule has 1 aromatic carbocycles. The van der Waals surface area contributed by atoms with Gasteiger partial charge in [-0.3, -0.25) is 4.72 Å². The summed E-state index contributed by atoms with van der Waals surface area (Å²) in [6.45, 7) is 0. The number of nitrogens with one attached hydrogen (secondary N) is 1. The maximum absolute atomic E-state index is 11.3. The van der Waals surface area contributed by atoms with Gasteiger partial charge in [-0.15, -0.1) is 11.6 Å². The number of benzene rings is 1. The van der Waals surface area contributed by atoms with E-state index in [0.717, 1.165) is 4.70 Å². The summed E-state index contributed by atoms with van der Waals surface area (Å²) in [6, 6.07) is 5.33. The lowest BCUT2D eigenvalue weighted by Crippen LogP contribution is -2.12. The molecule has 0 spiro atoms. The lowest BCUT2D eigenvalue weighted by molar-refractivity contribution is 0.415. The third-order valence-electron chi connectivity index (χ3n) is 1.98. The predicted molar refractivity (Wildman–Crippen MR) is 69.4 cm³/mol. The Bertz CT molecular complexity index is 639. The smallest absolute Gasteiger partial charge is 0.248 e. The molecule has 0 saturated heterocycles. The van der Waals surface area contributed by atoms with Crippen molar-refractivity contribution in [2.24, 2.45) is 0 Å². The molecule has 0 aliphatic carbocycles. The van der Waals surface area contributed by atoms with E-state index in [1.807, 2.05) is 0 Å². The molecule has 0 aliphatic heterocycles. The minimum atomic E-state index is -3.50. The molecular weight excluding hydrogens is 284 g/mol. The first-order valence-electron chi connectivity index (χ1n) is 4.55. The molecule has 5 nitrogen and oxygen atoms in total. The van der Waals surface area contributed by atoms with Crippen LogP contribution in [-0.4, -0.2) is 25.7 Å². The standard InChI is InChI=1S/C9H9ClN2O3S2/c1-15-6-2-3-7-8(4-6)16-9(11-7)12-17(13,14)5-10/h2-4H,5H2,1H3,(H,11,12). The van der Waals surface area contributed by atoms with Crippen molar-refractivity contribution in [1.29, 1.82) is 0 Å². The van der Waals surface area contributed by atoms with E-state index in [4.69, 9.17) is 16.3 Å². The van der Waals surface area contributed by atoms with Crippen LogP contribution in [0.2, 0.25) is 0 Å². The number of hydrogen-bond acceptors (Lipinski definition) is 5. The lowest BCUT2D eigenvalue weighted by atomic mass is 10.3. The molecule has 0 saturated carbocycles. The monoisotopic (exact) mass is 292 g/mol. The molecule has 2 rings (SSSR count). The predicted octanol–water partition coefficient (Wildman–Crippen LogP) is 2.24. The van der Waals surface area contributed by atoms with Crippen LogP contribution in [0.25, 0.3) is 10.2 Å². The van der Waals surface area contributed by atoms with Crippen LogP contribution in [0, 0.1) is 0 Å². The maximum atomic E-state index is 11.3. The van der Waals surface area contributed by atoms with Crippen molar-refractivity contribution in [3.63, 3.8) is 0 Å². The van der Waals surface area contributed by atoms with Crippen LogP contribution in [0.5, 0.6) is 5.75 Å². The van der Waals surface area contributed by atoms with Crippen molar-refractivity contribution in [3.8, 4) is 5.75 Å². The fourth-order valence-corrected chi connectivity index (χ4v) is 3.06. The first kappa shape index (κ1) is 12.4. The highest BCUT2D eigenvalue weighted by Gasteiger charge is 2.12. The van der Waals surface area contributed by atoms with Crippen LogP contribution in [0.4, 0.5) is 5.13 Å². The normalized spacial score (nSPS) is 11.6. The molecule has 0 atom stereocenters. The SMILES string of the molecule is COc1ccc2nc(NS(=O)(=O)CCl)sc2c1. The Kier molecular flexibility index (Phi) is 3.41. The Morgan fingerprint density at radius 3 is 2.94 bits per heavy atom. The molecule has 0 fully saturated rings. The minimum absolute atomic E-state index is 0.300. The second-order valence-corrected chi connectivity index (χ2v) is 6.52. The zero-order valence-electron chi connectivity index (χ0n) is 8.81. The van der Waals surface area contributed by atoms with Crippen molar-refractivity contribution >= 4 is 48.3 Å². The number of sulfonamides is 1. The zero-order valence-corrected chi connectivity index (χ0v) is 11.2. The van der Waals surface area contributed by atoms with Crippen molar-refractivity contribution in [2.75, 3.05) is 17.0 Å². The van der Waals surface area contributed by atoms with Gasteiger partial charge in [0.15, 0.2) is 5.13 Å². The largest absolute Gasteiger partial charge is 0.497 e. The molecule has 8 heteroatoms. The summed E-state index contributed by atoms with van der Waals surface area (Å²) in [5.41, 5.74) is 0.711. The van der Waals surface area contributed by atoms with E-state index in [2.05, 4.69) is 9.71 Å². The van der Waals surface area contributed by atoms with Gasteiger partial charge in [-0.1, -0.05) is 11.3 Å². The lowest BCUT2D eigenvalue weighted by Gasteiger charge is -1.98. The number of nitrogens with zero attached hydrogens (tertiary/aromatic N) is 1. The first-order valence-corrected chi connectivity index (χ1v) is 7.55. The number of fused-ring (bicyclic) bond motifs is 1. The van der Waals surface area contributed by atoms with Gasteiger partial charge in [0.25, 0.3) is 0 Å². The van der Waals surface area contributed by atoms with Gasteiger partial charge in [0.05, 0.1) is 17.3 Å². The fourth-order valence-electron chi connectivity index (χ4n) is 1.24. The number of methoxy groups -OCH3 is 1. The average Bonchev–Trinajstić information content (AvgIpc) is 2.68. The Morgan fingerprint density at radius 1 is 1.53 bits per heavy atom. The van der Waals surface area contributed by atoms with Gasteiger partial charge < -0.3 is 4.74 Å². The van der Waals surface area contributed by atoms with Crippen LogP contribution >= 0.6 is 22.9 Å². The number of aromatic nitrogens is 1. The van der Waals surface area contributed by atoms with Gasteiger partial charge in [0, 0.05) is 0 Å². The van der Waals surface area contributed by atoms with Crippen LogP contribution < -0.4 is 9.46 Å². The first-order chi connectivity index (χ1) is 8.04. The van der Waals surface area contributed by atoms with Crippen molar-refractivity contribution in [2.45, 2.75) is 0 Å². The third kappa shape index (κ3) is 2.80. The molecule has 0 radical (unpaired) electrons. The number of thiazole rings is 1. The van der Waals surface area contributed by atoms with E-state index in [9.17, 15) is 8.42 Å². The van der Waals surface area contributed by atoms with Gasteiger partial charge in [0.1, 0.15) is 11.0 Å². The summed E-state index contributed by atoms with van der Waals surface area (Å²) in [4.78, 5) is 4.14. The van der Waals surface area contributed by atoms with E-state index in [-0.39, 0.29) is 0 Å². The van der Waals surface area contributed by atoms with Gasteiger partial charge in [-0.25, -0.2) is 13.4 Å². The van der Waals surface area contributed by atoms with E-state index < -0.39 is 15.2 Å². The molecule has 17 heavy (non-hydrogen) atoms. The fraction of sp³-hybridized carbons (Fsp3) is 0.222. The number of halogens is 1. The molecule has 0 amide bonds. The highest BCUT2D eigenvalue weighted by molar-refractivity contribution is 7.94. The van der Waals surface area contributed by atoms with Crippen LogP contribution in [0.3, 0.4) is 0 Å². The number of rotatable bonds is 4. The average molecular weight is 293 g/mol. The summed E-state index contributed by atoms with van der Waals surface area (Å²) < 4.78 is 30.8. The summed E-state index contributed by atoms with van der Waals surface area (Å²) >= 11 is 6.52. The van der Waals surface area contributed by atoms with Gasteiger partial charge in [-0.2, -0.15) is 0 Å². The molecule has 0 unspecified atom stereocenters. The zero-order chi connectivity index (χ0) is 12.5. The molecule has 1 N–H and O–H groups in total. The second kappa shape index (κ2) is 4.67. The van der Waals surface area contributed by atoms with Crippen molar-refractivity contribution < 1.29 is 13.2 Å². The third-order valence-corrected chi connectivity index (χ3v) is 4.70. The Hall–Kier alpha value is -1.05. The van der Waals surface area contributed by atoms with Crippen LogP contribution in [0.15, 0.2) is 18.2 Å². The van der Waals surface area contributed by atoms with Crippen molar-refractivity contribution in [1.82, 2.24) is 4.98 Å². The quantitative estimate of drug-likeness (QED) is 0.878. The summed E-state index contributed by atoms with van der Waals surface area (Å²) in [6.07, 6.45) is 0. The van der Waals surface area contributed by atoms with E-state index in [1.54, 1.807) is 25.3 Å². The highest BCUT2D eigenvalue weighted by Crippen LogP contribution is 2.29. The second-order valence-electron chi connectivity index (χ2n) is 3.18. The number of anilines is 1. The topological polar surface area (TPSA) is 68.3 Å². The highest BCUT2D eigenvalue weighted by atomic mass is 35.5. The molecular formula is C9H9ClN2O3S2. The molecule has 92 valence electrons. The summed E-state index contributed by atoms with van der Waals surface area (Å²) in [7, 11) is -1.94. The minimum Gasteiger partial charge on any atom is -0.497 e. The van der Waals surface area contributed by atoms with Gasteiger partial charge >= 0.3 is 0 Å². The van der Waals surface area contributed by atoms with E-state index >= 15 is 0 Å². The van der Waals surface area contributed by atoms with Gasteiger partial charge in [0.2, 0.25) is 10.0 Å². The Labute approximate surface area is 107 Å².